The first-order valence-electron chi connectivity index (χ1n) is 6.09. The molecule has 5 heteroatoms. The molecule has 4 nitrogen and oxygen atoms in total. The molecule has 1 atom stereocenters. The van der Waals surface area contributed by atoms with Gasteiger partial charge >= 0.3 is 5.97 Å². The topological polar surface area (TPSA) is 38.8 Å². The molecule has 1 unspecified atom stereocenters. The van der Waals surface area contributed by atoms with Gasteiger partial charge < -0.3 is 14.4 Å². The molecular formula is C14H18BrNO3. The predicted octanol–water partition coefficient (Wildman–Crippen LogP) is 2.24. The highest BCUT2D eigenvalue weighted by atomic mass is 79.9. The van der Waals surface area contributed by atoms with Crippen molar-refractivity contribution in [3.8, 4) is 0 Å². The van der Waals surface area contributed by atoms with Crippen LogP contribution in [0.15, 0.2) is 28.7 Å². The van der Waals surface area contributed by atoms with Crippen LogP contribution >= 0.6 is 15.9 Å². The Labute approximate surface area is 121 Å². The molecule has 2 rings (SSSR count). The molecule has 1 fully saturated rings. The highest BCUT2D eigenvalue weighted by Crippen LogP contribution is 2.44. The highest BCUT2D eigenvalue weighted by molar-refractivity contribution is 9.10. The van der Waals surface area contributed by atoms with Gasteiger partial charge in [0.15, 0.2) is 0 Å². The van der Waals surface area contributed by atoms with E-state index in [4.69, 9.17) is 9.47 Å². The van der Waals surface area contributed by atoms with Crippen LogP contribution in [-0.4, -0.2) is 45.3 Å². The smallest absolute Gasteiger partial charge is 0.318 e. The summed E-state index contributed by atoms with van der Waals surface area (Å²) >= 11 is 3.43. The van der Waals surface area contributed by atoms with Gasteiger partial charge in [-0.1, -0.05) is 28.1 Å². The Morgan fingerprint density at radius 2 is 1.95 bits per heavy atom. The van der Waals surface area contributed by atoms with Gasteiger partial charge in [0.05, 0.1) is 26.4 Å². The van der Waals surface area contributed by atoms with E-state index in [9.17, 15) is 4.79 Å². The summed E-state index contributed by atoms with van der Waals surface area (Å²) < 4.78 is 11.3. The number of ether oxygens (including phenoxy) is 2. The molecule has 1 aliphatic heterocycles. The molecule has 1 heterocycles. The van der Waals surface area contributed by atoms with Gasteiger partial charge in [0.1, 0.15) is 5.41 Å². The van der Waals surface area contributed by atoms with Crippen molar-refractivity contribution in [3.63, 3.8) is 0 Å². The Balaban J connectivity index is 2.39. The number of methoxy groups -OCH3 is 1. The normalized spacial score (nSPS) is 18.8. The number of halogens is 1. The molecule has 1 aromatic rings. The average molecular weight is 328 g/mol. The number of rotatable bonds is 4. The van der Waals surface area contributed by atoms with E-state index in [0.717, 1.165) is 10.0 Å². The van der Waals surface area contributed by atoms with E-state index >= 15 is 0 Å². The van der Waals surface area contributed by atoms with Gasteiger partial charge in [0.2, 0.25) is 0 Å². The first kappa shape index (κ1) is 14.5. The van der Waals surface area contributed by atoms with Gasteiger partial charge in [-0.25, -0.2) is 0 Å². The molecule has 19 heavy (non-hydrogen) atoms. The van der Waals surface area contributed by atoms with Gasteiger partial charge in [-0.15, -0.1) is 0 Å². The Hall–Kier alpha value is -0.910. The van der Waals surface area contributed by atoms with Crippen molar-refractivity contribution in [2.75, 3.05) is 34.4 Å². The maximum atomic E-state index is 12.2. The van der Waals surface area contributed by atoms with Gasteiger partial charge in [0, 0.05) is 4.47 Å². The molecule has 0 aliphatic carbocycles. The fourth-order valence-corrected chi connectivity index (χ4v) is 2.93. The molecular weight excluding hydrogens is 310 g/mol. The van der Waals surface area contributed by atoms with Crippen LogP contribution in [0.5, 0.6) is 0 Å². The van der Waals surface area contributed by atoms with Crippen LogP contribution in [0.2, 0.25) is 0 Å². The third-order valence-corrected chi connectivity index (χ3v) is 4.07. The Morgan fingerprint density at radius 1 is 1.37 bits per heavy atom. The minimum Gasteiger partial charge on any atom is -0.468 e. The van der Waals surface area contributed by atoms with Crippen LogP contribution in [0.3, 0.4) is 0 Å². The molecule has 0 amide bonds. The first-order valence-corrected chi connectivity index (χ1v) is 6.88. The number of hydrogen-bond donors (Lipinski definition) is 0. The molecule has 104 valence electrons. The summed E-state index contributed by atoms with van der Waals surface area (Å²) in [6, 6.07) is 7.96. The number of nitrogens with zero attached hydrogens (tertiary/aromatic N) is 1. The van der Waals surface area contributed by atoms with E-state index in [-0.39, 0.29) is 12.0 Å². The monoisotopic (exact) mass is 327 g/mol. The fourth-order valence-electron chi connectivity index (χ4n) is 2.67. The average Bonchev–Trinajstić information content (AvgIpc) is 2.34. The van der Waals surface area contributed by atoms with Crippen molar-refractivity contribution in [2.24, 2.45) is 5.41 Å². The number of benzene rings is 1. The number of hydrogen-bond acceptors (Lipinski definition) is 4. The van der Waals surface area contributed by atoms with Crippen LogP contribution in [0, 0.1) is 5.41 Å². The first-order chi connectivity index (χ1) is 9.01. The lowest BCUT2D eigenvalue weighted by molar-refractivity contribution is -0.197. The fraction of sp³-hybridized carbons (Fsp3) is 0.500. The minimum atomic E-state index is -0.605. The van der Waals surface area contributed by atoms with Gasteiger partial charge in [-0.05, 0) is 31.8 Å². The molecule has 1 aliphatic rings. The SMILES string of the molecule is COC(=O)C1(C(c2ccc(Br)cc2)N(C)C)COC1. The quantitative estimate of drug-likeness (QED) is 0.795. The summed E-state index contributed by atoms with van der Waals surface area (Å²) in [6.45, 7) is 0.803. The lowest BCUT2D eigenvalue weighted by Gasteiger charge is -2.47. The van der Waals surface area contributed by atoms with Crippen molar-refractivity contribution in [1.82, 2.24) is 4.90 Å². The standard InChI is InChI=1S/C14H18BrNO3/c1-16(2)12(10-4-6-11(15)7-5-10)14(8-19-9-14)13(17)18-3/h4-7,12H,8-9H2,1-3H3. The summed E-state index contributed by atoms with van der Waals surface area (Å²) in [7, 11) is 5.36. The number of esters is 1. The second kappa shape index (κ2) is 5.61. The van der Waals surface area contributed by atoms with Crippen LogP contribution in [0.1, 0.15) is 11.6 Å². The van der Waals surface area contributed by atoms with Gasteiger partial charge in [-0.2, -0.15) is 0 Å². The van der Waals surface area contributed by atoms with Crippen LogP contribution in [0.25, 0.3) is 0 Å². The van der Waals surface area contributed by atoms with E-state index in [0.29, 0.717) is 13.2 Å². The second-order valence-electron chi connectivity index (χ2n) is 5.06. The van der Waals surface area contributed by atoms with E-state index in [2.05, 4.69) is 15.9 Å². The zero-order valence-electron chi connectivity index (χ0n) is 11.4. The van der Waals surface area contributed by atoms with Crippen molar-refractivity contribution >= 4 is 21.9 Å². The highest BCUT2D eigenvalue weighted by Gasteiger charge is 2.54. The molecule has 0 saturated carbocycles. The molecule has 0 N–H and O–H groups in total. The molecule has 1 aromatic carbocycles. The van der Waals surface area contributed by atoms with Crippen LogP contribution in [0.4, 0.5) is 0 Å². The van der Waals surface area contributed by atoms with E-state index in [1.807, 2.05) is 43.3 Å². The van der Waals surface area contributed by atoms with E-state index < -0.39 is 5.41 Å². The van der Waals surface area contributed by atoms with Gasteiger partial charge in [0.25, 0.3) is 0 Å². The maximum absolute atomic E-state index is 12.2. The molecule has 0 radical (unpaired) electrons. The Bertz CT molecular complexity index is 454. The molecule has 0 spiro atoms. The Morgan fingerprint density at radius 3 is 2.32 bits per heavy atom. The summed E-state index contributed by atoms with van der Waals surface area (Å²) in [6.07, 6.45) is 0. The summed E-state index contributed by atoms with van der Waals surface area (Å²) in [5, 5.41) is 0. The zero-order valence-corrected chi connectivity index (χ0v) is 12.9. The summed E-state index contributed by atoms with van der Waals surface area (Å²) in [4.78, 5) is 14.2. The summed E-state index contributed by atoms with van der Waals surface area (Å²) in [5.74, 6) is -0.208. The van der Waals surface area contributed by atoms with Crippen LogP contribution in [-0.2, 0) is 14.3 Å². The van der Waals surface area contributed by atoms with Crippen molar-refractivity contribution in [3.05, 3.63) is 34.3 Å². The van der Waals surface area contributed by atoms with Gasteiger partial charge in [-0.3, -0.25) is 4.79 Å². The minimum absolute atomic E-state index is 0.0539. The molecule has 0 aromatic heterocycles. The van der Waals surface area contributed by atoms with Crippen molar-refractivity contribution < 1.29 is 14.3 Å². The van der Waals surface area contributed by atoms with Crippen LogP contribution < -0.4 is 0 Å². The molecule has 1 saturated heterocycles. The lowest BCUT2D eigenvalue weighted by Crippen LogP contribution is -2.57. The molecule has 0 bridgehead atoms. The third-order valence-electron chi connectivity index (χ3n) is 3.54. The lowest BCUT2D eigenvalue weighted by atomic mass is 9.74. The maximum Gasteiger partial charge on any atom is 0.318 e. The largest absolute Gasteiger partial charge is 0.468 e. The number of carbonyl (C=O) groups is 1. The van der Waals surface area contributed by atoms with Crippen molar-refractivity contribution in [2.45, 2.75) is 6.04 Å². The van der Waals surface area contributed by atoms with E-state index in [1.54, 1.807) is 0 Å². The predicted molar refractivity (Wildman–Crippen MR) is 75.8 cm³/mol. The van der Waals surface area contributed by atoms with E-state index in [1.165, 1.54) is 7.11 Å². The third kappa shape index (κ3) is 2.55. The van der Waals surface area contributed by atoms with Crippen molar-refractivity contribution in [1.29, 1.82) is 0 Å². The summed E-state index contributed by atoms with van der Waals surface area (Å²) in [5.41, 5.74) is 0.480. The number of carbonyl (C=O) groups excluding carboxylic acids is 1. The Kier molecular flexibility index (Phi) is 4.28. The second-order valence-corrected chi connectivity index (χ2v) is 5.97. The zero-order chi connectivity index (χ0) is 14.0.